The van der Waals surface area contributed by atoms with Crippen molar-refractivity contribution in [2.45, 2.75) is 52.7 Å². The van der Waals surface area contributed by atoms with Gasteiger partial charge in [-0.05, 0) is 44.4 Å². The Morgan fingerprint density at radius 3 is 2.47 bits per heavy atom. The van der Waals surface area contributed by atoms with Gasteiger partial charge in [0.25, 0.3) is 0 Å². The molecule has 2 unspecified atom stereocenters. The first-order valence-corrected chi connectivity index (χ1v) is 6.58. The Kier molecular flexibility index (Phi) is 5.66. The highest BCUT2D eigenvalue weighted by atomic mass is 16.3. The van der Waals surface area contributed by atoms with Crippen molar-refractivity contribution < 1.29 is 5.11 Å². The van der Waals surface area contributed by atoms with Crippen LogP contribution >= 0.6 is 0 Å². The van der Waals surface area contributed by atoms with Crippen LogP contribution in [0.5, 0.6) is 0 Å². The summed E-state index contributed by atoms with van der Waals surface area (Å²) in [6.45, 7) is 9.36. The van der Waals surface area contributed by atoms with E-state index in [2.05, 4.69) is 45.1 Å². The van der Waals surface area contributed by atoms with Gasteiger partial charge in [0.2, 0.25) is 0 Å². The lowest BCUT2D eigenvalue weighted by Crippen LogP contribution is -2.35. The third-order valence-corrected chi connectivity index (χ3v) is 3.22. The molecule has 0 heterocycles. The fourth-order valence-electron chi connectivity index (χ4n) is 2.18. The molecule has 1 rings (SSSR count). The summed E-state index contributed by atoms with van der Waals surface area (Å²) < 4.78 is 0. The fourth-order valence-corrected chi connectivity index (χ4v) is 2.18. The van der Waals surface area contributed by atoms with E-state index in [0.717, 1.165) is 24.9 Å². The summed E-state index contributed by atoms with van der Waals surface area (Å²) in [5.41, 5.74) is 3.47. The van der Waals surface area contributed by atoms with Crippen LogP contribution in [-0.4, -0.2) is 17.7 Å². The number of benzene rings is 1. The van der Waals surface area contributed by atoms with Crippen molar-refractivity contribution in [1.82, 2.24) is 5.32 Å². The molecule has 96 valence electrons. The van der Waals surface area contributed by atoms with E-state index in [1.165, 1.54) is 11.1 Å². The maximum absolute atomic E-state index is 10.4. The molecule has 0 amide bonds. The second-order valence-corrected chi connectivity index (χ2v) is 4.77. The van der Waals surface area contributed by atoms with Crippen molar-refractivity contribution in [3.05, 3.63) is 34.9 Å². The lowest BCUT2D eigenvalue weighted by molar-refractivity contribution is 0.125. The van der Waals surface area contributed by atoms with Crippen LogP contribution < -0.4 is 5.32 Å². The molecule has 0 aromatic heterocycles. The number of rotatable bonds is 6. The molecule has 0 saturated heterocycles. The summed E-state index contributed by atoms with van der Waals surface area (Å²) in [4.78, 5) is 0. The monoisotopic (exact) mass is 235 g/mol. The number of hydrogen-bond acceptors (Lipinski definition) is 2. The highest BCUT2D eigenvalue weighted by Gasteiger charge is 2.19. The summed E-state index contributed by atoms with van der Waals surface area (Å²) in [7, 11) is 0. The maximum atomic E-state index is 10.4. The second-order valence-electron chi connectivity index (χ2n) is 4.77. The number of aliphatic hydroxyl groups is 1. The predicted molar refractivity (Wildman–Crippen MR) is 73.2 cm³/mol. The predicted octanol–water partition coefficient (Wildman–Crippen LogP) is 3.12. The van der Waals surface area contributed by atoms with E-state index in [0.29, 0.717) is 0 Å². The number of aryl methyl sites for hydroxylation is 2. The summed E-state index contributed by atoms with van der Waals surface area (Å²) in [5, 5.41) is 13.8. The summed E-state index contributed by atoms with van der Waals surface area (Å²) in [6, 6.07) is 6.39. The van der Waals surface area contributed by atoms with E-state index >= 15 is 0 Å². The first-order valence-electron chi connectivity index (χ1n) is 6.58. The maximum Gasteiger partial charge on any atom is 0.0945 e. The molecule has 0 aliphatic heterocycles. The Hall–Kier alpha value is -0.860. The van der Waals surface area contributed by atoms with Crippen LogP contribution in [-0.2, 0) is 0 Å². The molecule has 2 N–H and O–H groups in total. The molecule has 0 bridgehead atoms. The Balaban J connectivity index is 2.81. The summed E-state index contributed by atoms with van der Waals surface area (Å²) in [5.74, 6) is 0. The van der Waals surface area contributed by atoms with E-state index in [1.54, 1.807) is 0 Å². The van der Waals surface area contributed by atoms with Gasteiger partial charge in [0, 0.05) is 6.04 Å². The van der Waals surface area contributed by atoms with Gasteiger partial charge in [-0.1, -0.05) is 37.6 Å². The van der Waals surface area contributed by atoms with Gasteiger partial charge in [-0.3, -0.25) is 0 Å². The molecule has 17 heavy (non-hydrogen) atoms. The number of nitrogens with one attached hydrogen (secondary N) is 1. The standard InChI is InChI=1S/C15H25NO/c1-5-9-16-14(6-2)15(17)13-8-7-11(3)10-12(13)4/h7-8,10,14-17H,5-6,9H2,1-4H3. The van der Waals surface area contributed by atoms with Crippen LogP contribution in [0, 0.1) is 13.8 Å². The van der Waals surface area contributed by atoms with Gasteiger partial charge in [0.15, 0.2) is 0 Å². The molecular formula is C15H25NO. The average Bonchev–Trinajstić information content (AvgIpc) is 2.29. The number of hydrogen-bond donors (Lipinski definition) is 2. The van der Waals surface area contributed by atoms with Crippen molar-refractivity contribution >= 4 is 0 Å². The molecule has 1 aromatic rings. The van der Waals surface area contributed by atoms with Gasteiger partial charge in [0.1, 0.15) is 0 Å². The largest absolute Gasteiger partial charge is 0.387 e. The molecule has 0 aliphatic carbocycles. The molecule has 0 radical (unpaired) electrons. The molecule has 2 nitrogen and oxygen atoms in total. The minimum Gasteiger partial charge on any atom is -0.387 e. The van der Waals surface area contributed by atoms with Crippen LogP contribution in [0.25, 0.3) is 0 Å². The summed E-state index contributed by atoms with van der Waals surface area (Å²) in [6.07, 6.45) is 1.62. The lowest BCUT2D eigenvalue weighted by Gasteiger charge is -2.24. The number of aliphatic hydroxyl groups excluding tert-OH is 1. The van der Waals surface area contributed by atoms with Gasteiger partial charge in [-0.25, -0.2) is 0 Å². The minimum atomic E-state index is -0.410. The third-order valence-electron chi connectivity index (χ3n) is 3.22. The molecule has 2 atom stereocenters. The van der Waals surface area contributed by atoms with Gasteiger partial charge in [0.05, 0.1) is 6.10 Å². The first kappa shape index (κ1) is 14.2. The zero-order chi connectivity index (χ0) is 12.8. The normalized spacial score (nSPS) is 14.6. The van der Waals surface area contributed by atoms with Gasteiger partial charge in [-0.2, -0.15) is 0 Å². The van der Waals surface area contributed by atoms with E-state index in [4.69, 9.17) is 0 Å². The van der Waals surface area contributed by atoms with Gasteiger partial charge in [-0.15, -0.1) is 0 Å². The van der Waals surface area contributed by atoms with Crippen LogP contribution in [0.15, 0.2) is 18.2 Å². The van der Waals surface area contributed by atoms with Crippen molar-refractivity contribution in [3.8, 4) is 0 Å². The molecule has 1 aromatic carbocycles. The third kappa shape index (κ3) is 3.83. The average molecular weight is 235 g/mol. The van der Waals surface area contributed by atoms with E-state index in [9.17, 15) is 5.11 Å². The van der Waals surface area contributed by atoms with Crippen LogP contribution in [0.4, 0.5) is 0 Å². The first-order chi connectivity index (χ1) is 8.10. The zero-order valence-corrected chi connectivity index (χ0v) is 11.5. The van der Waals surface area contributed by atoms with Gasteiger partial charge < -0.3 is 10.4 Å². The lowest BCUT2D eigenvalue weighted by atomic mass is 9.95. The summed E-state index contributed by atoms with van der Waals surface area (Å²) >= 11 is 0. The Morgan fingerprint density at radius 2 is 1.94 bits per heavy atom. The van der Waals surface area contributed by atoms with Gasteiger partial charge >= 0.3 is 0 Å². The van der Waals surface area contributed by atoms with Crippen LogP contribution in [0.3, 0.4) is 0 Å². The van der Waals surface area contributed by atoms with Crippen molar-refractivity contribution in [1.29, 1.82) is 0 Å². The van der Waals surface area contributed by atoms with Crippen molar-refractivity contribution in [2.75, 3.05) is 6.54 Å². The highest BCUT2D eigenvalue weighted by Crippen LogP contribution is 2.23. The molecular weight excluding hydrogens is 210 g/mol. The van der Waals surface area contributed by atoms with Crippen molar-refractivity contribution in [3.63, 3.8) is 0 Å². The topological polar surface area (TPSA) is 32.3 Å². The van der Waals surface area contributed by atoms with Crippen LogP contribution in [0.2, 0.25) is 0 Å². The smallest absolute Gasteiger partial charge is 0.0945 e. The Labute approximate surface area is 105 Å². The SMILES string of the molecule is CCCNC(CC)C(O)c1ccc(C)cc1C. The molecule has 2 heteroatoms. The van der Waals surface area contributed by atoms with Crippen LogP contribution in [0.1, 0.15) is 49.5 Å². The Morgan fingerprint density at radius 1 is 1.24 bits per heavy atom. The molecule has 0 fully saturated rings. The fraction of sp³-hybridized carbons (Fsp3) is 0.600. The Bertz CT molecular complexity index is 349. The minimum absolute atomic E-state index is 0.149. The van der Waals surface area contributed by atoms with E-state index < -0.39 is 6.10 Å². The van der Waals surface area contributed by atoms with E-state index in [1.807, 2.05) is 6.07 Å². The molecule has 0 spiro atoms. The second kappa shape index (κ2) is 6.77. The zero-order valence-electron chi connectivity index (χ0n) is 11.5. The highest BCUT2D eigenvalue weighted by molar-refractivity contribution is 5.32. The molecule has 0 saturated carbocycles. The van der Waals surface area contributed by atoms with Crippen molar-refractivity contribution in [2.24, 2.45) is 0 Å². The quantitative estimate of drug-likeness (QED) is 0.794. The molecule has 0 aliphatic rings. The van der Waals surface area contributed by atoms with E-state index in [-0.39, 0.29) is 6.04 Å².